The molecular weight excluding hydrogens is 389 g/mol. The summed E-state index contributed by atoms with van der Waals surface area (Å²) in [4.78, 5) is 0. The number of nitrogens with one attached hydrogen (secondary N) is 1. The summed E-state index contributed by atoms with van der Waals surface area (Å²) >= 11 is 7.03. The molecule has 0 aromatic heterocycles. The average molecular weight is 403 g/mol. The maximum atomic E-state index is 13.0. The predicted molar refractivity (Wildman–Crippen MR) is 86.7 cm³/mol. The zero-order chi connectivity index (χ0) is 14.9. The summed E-state index contributed by atoms with van der Waals surface area (Å²) in [5.74, 6) is -0.500. The molecule has 5 heteroatoms. The molecule has 2 rings (SSSR count). The smallest absolute Gasteiger partial charge is 0.126 e. The molecule has 0 saturated carbocycles. The van der Waals surface area contributed by atoms with Gasteiger partial charge in [0.25, 0.3) is 0 Å². The molecule has 0 heterocycles. The molecule has 0 aliphatic carbocycles. The third kappa shape index (κ3) is 3.33. The van der Waals surface area contributed by atoms with Crippen LogP contribution in [0.15, 0.2) is 39.3 Å². The van der Waals surface area contributed by atoms with Crippen LogP contribution in [0.3, 0.4) is 0 Å². The Bertz CT molecular complexity index is 623. The molecule has 20 heavy (non-hydrogen) atoms. The highest BCUT2D eigenvalue weighted by Gasteiger charge is 2.14. The first-order valence-corrected chi connectivity index (χ1v) is 7.67. The Hall–Kier alpha value is -1.07. The number of halogens is 3. The molecule has 0 saturated heterocycles. The molecule has 1 unspecified atom stereocenters. The van der Waals surface area contributed by atoms with Crippen molar-refractivity contribution in [3.8, 4) is 5.75 Å². The van der Waals surface area contributed by atoms with Crippen LogP contribution in [0.4, 0.5) is 10.1 Å². The summed E-state index contributed by atoms with van der Waals surface area (Å²) in [6, 6.07) is 7.89. The molecule has 2 N–H and O–H groups in total. The van der Waals surface area contributed by atoms with Crippen LogP contribution in [0.25, 0.3) is 0 Å². The van der Waals surface area contributed by atoms with Crippen LogP contribution >= 0.6 is 31.9 Å². The number of hydrogen-bond donors (Lipinski definition) is 2. The van der Waals surface area contributed by atoms with Crippen molar-refractivity contribution >= 4 is 37.5 Å². The quantitative estimate of drug-likeness (QED) is 0.706. The van der Waals surface area contributed by atoms with Crippen molar-refractivity contribution in [1.29, 1.82) is 0 Å². The lowest BCUT2D eigenvalue weighted by atomic mass is 10.1. The van der Waals surface area contributed by atoms with Crippen LogP contribution in [-0.4, -0.2) is 5.11 Å². The van der Waals surface area contributed by atoms with E-state index in [9.17, 15) is 9.50 Å². The van der Waals surface area contributed by atoms with E-state index in [0.29, 0.717) is 5.56 Å². The van der Waals surface area contributed by atoms with Gasteiger partial charge in [0.05, 0.1) is 11.7 Å². The van der Waals surface area contributed by atoms with Crippen molar-refractivity contribution in [2.45, 2.75) is 19.9 Å². The standard InChI is InChI=1S/C15H14Br2FNO/c1-8-5-12(16)15(13(17)6-8)19-9(2)11-4-3-10(18)7-14(11)20/h3-7,9,19-20H,1-2H3. The van der Waals surface area contributed by atoms with Gasteiger partial charge < -0.3 is 10.4 Å². The first-order chi connectivity index (χ1) is 9.38. The Labute approximate surface area is 134 Å². The average Bonchev–Trinajstić information content (AvgIpc) is 2.33. The number of aromatic hydroxyl groups is 1. The lowest BCUT2D eigenvalue weighted by Crippen LogP contribution is -2.08. The van der Waals surface area contributed by atoms with Crippen molar-refractivity contribution in [3.05, 3.63) is 56.2 Å². The van der Waals surface area contributed by atoms with Crippen LogP contribution in [0.5, 0.6) is 5.75 Å². The summed E-state index contributed by atoms with van der Waals surface area (Å²) in [5.41, 5.74) is 2.67. The summed E-state index contributed by atoms with van der Waals surface area (Å²) in [6.45, 7) is 3.92. The van der Waals surface area contributed by atoms with Gasteiger partial charge in [0.1, 0.15) is 11.6 Å². The van der Waals surface area contributed by atoms with E-state index >= 15 is 0 Å². The molecule has 0 fully saturated rings. The van der Waals surface area contributed by atoms with Gasteiger partial charge in [-0.15, -0.1) is 0 Å². The maximum Gasteiger partial charge on any atom is 0.126 e. The third-order valence-corrected chi connectivity index (χ3v) is 4.26. The molecule has 2 nitrogen and oxygen atoms in total. The highest BCUT2D eigenvalue weighted by molar-refractivity contribution is 9.11. The van der Waals surface area contributed by atoms with Gasteiger partial charge in [0.2, 0.25) is 0 Å². The van der Waals surface area contributed by atoms with Gasteiger partial charge in [-0.25, -0.2) is 4.39 Å². The first kappa shape index (κ1) is 15.3. The van der Waals surface area contributed by atoms with Crippen molar-refractivity contribution < 1.29 is 9.50 Å². The molecule has 0 radical (unpaired) electrons. The summed E-state index contributed by atoms with van der Waals surface area (Å²) in [6.07, 6.45) is 0. The van der Waals surface area contributed by atoms with Gasteiger partial charge in [0, 0.05) is 20.6 Å². The Morgan fingerprint density at radius 1 is 1.15 bits per heavy atom. The lowest BCUT2D eigenvalue weighted by Gasteiger charge is -2.19. The molecule has 0 spiro atoms. The fourth-order valence-corrected chi connectivity index (χ4v) is 3.66. The summed E-state index contributed by atoms with van der Waals surface area (Å²) in [7, 11) is 0. The van der Waals surface area contributed by atoms with E-state index in [1.54, 1.807) is 6.07 Å². The van der Waals surface area contributed by atoms with E-state index in [1.807, 2.05) is 26.0 Å². The number of rotatable bonds is 3. The van der Waals surface area contributed by atoms with Gasteiger partial charge in [-0.2, -0.15) is 0 Å². The largest absolute Gasteiger partial charge is 0.507 e. The Morgan fingerprint density at radius 3 is 2.30 bits per heavy atom. The first-order valence-electron chi connectivity index (χ1n) is 6.09. The molecule has 2 aromatic rings. The van der Waals surface area contributed by atoms with Gasteiger partial charge in [-0.1, -0.05) is 6.07 Å². The van der Waals surface area contributed by atoms with Gasteiger partial charge in [-0.3, -0.25) is 0 Å². The van der Waals surface area contributed by atoms with Gasteiger partial charge >= 0.3 is 0 Å². The second-order valence-corrected chi connectivity index (χ2v) is 6.38. The van der Waals surface area contributed by atoms with E-state index in [2.05, 4.69) is 37.2 Å². The fraction of sp³-hybridized carbons (Fsp3) is 0.200. The van der Waals surface area contributed by atoms with Gasteiger partial charge in [-0.05, 0) is 69.5 Å². The second-order valence-electron chi connectivity index (χ2n) is 4.67. The van der Waals surface area contributed by atoms with E-state index in [-0.39, 0.29) is 11.8 Å². The van der Waals surface area contributed by atoms with Crippen LogP contribution in [-0.2, 0) is 0 Å². The van der Waals surface area contributed by atoms with E-state index in [1.165, 1.54) is 6.07 Å². The molecule has 0 aliphatic heterocycles. The monoisotopic (exact) mass is 401 g/mol. The second kappa shape index (κ2) is 6.14. The van der Waals surface area contributed by atoms with E-state index in [0.717, 1.165) is 26.3 Å². The van der Waals surface area contributed by atoms with Crippen molar-refractivity contribution in [1.82, 2.24) is 0 Å². The zero-order valence-corrected chi connectivity index (χ0v) is 14.2. The SMILES string of the molecule is Cc1cc(Br)c(NC(C)c2ccc(F)cc2O)c(Br)c1. The molecular formula is C15H14Br2FNO. The summed E-state index contributed by atoms with van der Waals surface area (Å²) < 4.78 is 14.9. The summed E-state index contributed by atoms with van der Waals surface area (Å²) in [5, 5.41) is 13.1. The number of benzene rings is 2. The van der Waals surface area contributed by atoms with Crippen molar-refractivity contribution in [3.63, 3.8) is 0 Å². The highest BCUT2D eigenvalue weighted by Crippen LogP contribution is 2.36. The Morgan fingerprint density at radius 2 is 1.75 bits per heavy atom. The van der Waals surface area contributed by atoms with E-state index < -0.39 is 5.82 Å². The molecule has 0 bridgehead atoms. The minimum Gasteiger partial charge on any atom is -0.507 e. The van der Waals surface area contributed by atoms with Gasteiger partial charge in [0.15, 0.2) is 0 Å². The number of anilines is 1. The van der Waals surface area contributed by atoms with Crippen LogP contribution in [0.1, 0.15) is 24.1 Å². The Kier molecular flexibility index (Phi) is 4.70. The van der Waals surface area contributed by atoms with Crippen LogP contribution < -0.4 is 5.32 Å². The number of hydrogen-bond acceptors (Lipinski definition) is 2. The molecule has 106 valence electrons. The highest BCUT2D eigenvalue weighted by atomic mass is 79.9. The Balaban J connectivity index is 2.30. The van der Waals surface area contributed by atoms with E-state index in [4.69, 9.17) is 0 Å². The van der Waals surface area contributed by atoms with Crippen molar-refractivity contribution in [2.24, 2.45) is 0 Å². The number of phenolic OH excluding ortho intramolecular Hbond substituents is 1. The van der Waals surface area contributed by atoms with Crippen molar-refractivity contribution in [2.75, 3.05) is 5.32 Å². The van der Waals surface area contributed by atoms with Crippen LogP contribution in [0.2, 0.25) is 0 Å². The maximum absolute atomic E-state index is 13.0. The minimum absolute atomic E-state index is 0.0515. The molecule has 2 aromatic carbocycles. The molecule has 1 atom stereocenters. The number of aryl methyl sites for hydroxylation is 1. The normalized spacial score (nSPS) is 12.2. The number of phenols is 1. The van der Waals surface area contributed by atoms with Crippen LogP contribution in [0, 0.1) is 12.7 Å². The molecule has 0 aliphatic rings. The molecule has 0 amide bonds. The topological polar surface area (TPSA) is 32.3 Å². The third-order valence-electron chi connectivity index (χ3n) is 3.01. The fourth-order valence-electron chi connectivity index (χ4n) is 2.01. The lowest BCUT2D eigenvalue weighted by molar-refractivity contribution is 0.459. The minimum atomic E-state index is -0.448. The zero-order valence-electron chi connectivity index (χ0n) is 11.0. The predicted octanol–water partition coefficient (Wildman–Crippen LogP) is 5.54.